The van der Waals surface area contributed by atoms with Crippen molar-refractivity contribution in [3.8, 4) is 6.07 Å². The van der Waals surface area contributed by atoms with Crippen LogP contribution in [0.25, 0.3) is 0 Å². The average molecular weight is 291 g/mol. The zero-order chi connectivity index (χ0) is 14.8. The molecule has 0 aliphatic heterocycles. The van der Waals surface area contributed by atoms with Gasteiger partial charge in [-0.1, -0.05) is 18.5 Å². The molecule has 1 aromatic carbocycles. The minimum Gasteiger partial charge on any atom is -0.334 e. The lowest BCUT2D eigenvalue weighted by Crippen LogP contribution is -2.49. The van der Waals surface area contributed by atoms with Crippen LogP contribution in [-0.2, 0) is 0 Å². The fourth-order valence-electron chi connectivity index (χ4n) is 2.60. The van der Waals surface area contributed by atoms with E-state index in [0.29, 0.717) is 16.5 Å². The lowest BCUT2D eigenvalue weighted by molar-refractivity contribution is 0.0894. The fraction of sp³-hybridized carbons (Fsp3) is 0.500. The number of nitrogens with one attached hydrogen (secondary N) is 1. The molecule has 1 amide bonds. The lowest BCUT2D eigenvalue weighted by Gasteiger charge is -2.34. The van der Waals surface area contributed by atoms with Gasteiger partial charge in [0.05, 0.1) is 6.07 Å². The standard InChI is InChI=1S/C16H19ClN2O/c1-11-5-7-16(10-18,8-6-11)19-15(20)13-3-4-14(17)12(2)9-13/h3-4,9,11H,5-8H2,1-2H3,(H,19,20). The Balaban J connectivity index is 2.13. The first kappa shape index (κ1) is 14.9. The number of hydrogen-bond donors (Lipinski definition) is 1. The number of amides is 1. The molecular weight excluding hydrogens is 272 g/mol. The van der Waals surface area contributed by atoms with Gasteiger partial charge in [0.1, 0.15) is 5.54 Å². The molecule has 0 spiro atoms. The van der Waals surface area contributed by atoms with Crippen molar-refractivity contribution < 1.29 is 4.79 Å². The third-order valence-electron chi connectivity index (χ3n) is 4.11. The minimum atomic E-state index is -0.711. The molecule has 1 fully saturated rings. The minimum absolute atomic E-state index is 0.194. The Hall–Kier alpha value is -1.53. The van der Waals surface area contributed by atoms with E-state index in [9.17, 15) is 10.1 Å². The summed E-state index contributed by atoms with van der Waals surface area (Å²) >= 11 is 5.96. The number of carbonyl (C=O) groups is 1. The highest BCUT2D eigenvalue weighted by Crippen LogP contribution is 2.31. The van der Waals surface area contributed by atoms with Crippen LogP contribution in [0.2, 0.25) is 5.02 Å². The number of benzene rings is 1. The molecule has 2 rings (SSSR count). The summed E-state index contributed by atoms with van der Waals surface area (Å²) in [5, 5.41) is 13.0. The van der Waals surface area contributed by atoms with Crippen LogP contribution in [0.4, 0.5) is 0 Å². The second kappa shape index (κ2) is 5.85. The molecule has 106 valence electrons. The van der Waals surface area contributed by atoms with Crippen LogP contribution in [0.5, 0.6) is 0 Å². The van der Waals surface area contributed by atoms with Gasteiger partial charge in [-0.25, -0.2) is 0 Å². The summed E-state index contributed by atoms with van der Waals surface area (Å²) in [4.78, 5) is 12.3. The second-order valence-electron chi connectivity index (χ2n) is 5.79. The maximum Gasteiger partial charge on any atom is 0.252 e. The number of hydrogen-bond acceptors (Lipinski definition) is 2. The Bertz CT molecular complexity index is 554. The zero-order valence-corrected chi connectivity index (χ0v) is 12.6. The van der Waals surface area contributed by atoms with Gasteiger partial charge in [0, 0.05) is 10.6 Å². The van der Waals surface area contributed by atoms with E-state index in [1.54, 1.807) is 18.2 Å². The Morgan fingerprint density at radius 1 is 1.45 bits per heavy atom. The van der Waals surface area contributed by atoms with Gasteiger partial charge >= 0.3 is 0 Å². The summed E-state index contributed by atoms with van der Waals surface area (Å²) in [6.07, 6.45) is 3.41. The molecule has 1 aromatic rings. The SMILES string of the molecule is Cc1cc(C(=O)NC2(C#N)CCC(C)CC2)ccc1Cl. The number of carbonyl (C=O) groups excluding carboxylic acids is 1. The predicted molar refractivity (Wildman–Crippen MR) is 79.6 cm³/mol. The summed E-state index contributed by atoms with van der Waals surface area (Å²) in [5.74, 6) is 0.437. The van der Waals surface area contributed by atoms with Crippen molar-refractivity contribution in [3.05, 3.63) is 34.3 Å². The van der Waals surface area contributed by atoms with Crippen molar-refractivity contribution in [1.82, 2.24) is 5.32 Å². The van der Waals surface area contributed by atoms with Gasteiger partial charge in [-0.15, -0.1) is 0 Å². The molecule has 0 aromatic heterocycles. The monoisotopic (exact) mass is 290 g/mol. The third-order valence-corrected chi connectivity index (χ3v) is 4.54. The Labute approximate surface area is 124 Å². The largest absolute Gasteiger partial charge is 0.334 e. The first-order valence-electron chi connectivity index (χ1n) is 6.96. The third kappa shape index (κ3) is 3.13. The molecule has 1 aliphatic rings. The Morgan fingerprint density at radius 2 is 2.10 bits per heavy atom. The van der Waals surface area contributed by atoms with E-state index in [4.69, 9.17) is 11.6 Å². The zero-order valence-electron chi connectivity index (χ0n) is 11.9. The van der Waals surface area contributed by atoms with Crippen LogP contribution >= 0.6 is 11.6 Å². The molecule has 3 nitrogen and oxygen atoms in total. The van der Waals surface area contributed by atoms with Crippen molar-refractivity contribution in [2.75, 3.05) is 0 Å². The van der Waals surface area contributed by atoms with E-state index < -0.39 is 5.54 Å². The van der Waals surface area contributed by atoms with Gasteiger partial charge in [-0.3, -0.25) is 4.79 Å². The van der Waals surface area contributed by atoms with Gasteiger partial charge < -0.3 is 5.32 Å². The molecule has 0 bridgehead atoms. The number of nitriles is 1. The topological polar surface area (TPSA) is 52.9 Å². The van der Waals surface area contributed by atoms with Gasteiger partial charge in [0.15, 0.2) is 0 Å². The highest BCUT2D eigenvalue weighted by atomic mass is 35.5. The van der Waals surface area contributed by atoms with Crippen LogP contribution in [0.15, 0.2) is 18.2 Å². The van der Waals surface area contributed by atoms with E-state index in [0.717, 1.165) is 31.2 Å². The van der Waals surface area contributed by atoms with E-state index in [1.807, 2.05) is 6.92 Å². The maximum absolute atomic E-state index is 12.3. The molecule has 20 heavy (non-hydrogen) atoms. The summed E-state index contributed by atoms with van der Waals surface area (Å²) in [6.45, 7) is 4.05. The molecule has 0 atom stereocenters. The molecule has 0 unspecified atom stereocenters. The highest BCUT2D eigenvalue weighted by molar-refractivity contribution is 6.31. The smallest absolute Gasteiger partial charge is 0.252 e. The summed E-state index contributed by atoms with van der Waals surface area (Å²) in [7, 11) is 0. The number of nitrogens with zero attached hydrogens (tertiary/aromatic N) is 1. The van der Waals surface area contributed by atoms with E-state index in [2.05, 4.69) is 18.3 Å². The van der Waals surface area contributed by atoms with Crippen molar-refractivity contribution >= 4 is 17.5 Å². The van der Waals surface area contributed by atoms with Crippen LogP contribution in [0.3, 0.4) is 0 Å². The molecule has 1 aliphatic carbocycles. The number of rotatable bonds is 2. The second-order valence-corrected chi connectivity index (χ2v) is 6.20. The van der Waals surface area contributed by atoms with Gasteiger partial charge in [0.25, 0.3) is 5.91 Å². The van der Waals surface area contributed by atoms with E-state index >= 15 is 0 Å². The highest BCUT2D eigenvalue weighted by Gasteiger charge is 2.35. The van der Waals surface area contributed by atoms with Crippen LogP contribution in [0, 0.1) is 24.2 Å². The van der Waals surface area contributed by atoms with Crippen molar-refractivity contribution in [3.63, 3.8) is 0 Å². The van der Waals surface area contributed by atoms with Gasteiger partial charge in [-0.2, -0.15) is 5.26 Å². The van der Waals surface area contributed by atoms with Crippen LogP contribution in [0.1, 0.15) is 48.5 Å². The summed E-state index contributed by atoms with van der Waals surface area (Å²) in [6, 6.07) is 7.48. The molecule has 1 saturated carbocycles. The average Bonchev–Trinajstić information content (AvgIpc) is 2.44. The molecule has 0 radical (unpaired) electrons. The number of aryl methyl sites for hydroxylation is 1. The first-order chi connectivity index (χ1) is 9.46. The summed E-state index contributed by atoms with van der Waals surface area (Å²) < 4.78 is 0. The van der Waals surface area contributed by atoms with Crippen molar-refractivity contribution in [1.29, 1.82) is 5.26 Å². The fourth-order valence-corrected chi connectivity index (χ4v) is 2.71. The predicted octanol–water partition coefficient (Wildman–Crippen LogP) is 3.85. The number of halogens is 1. The molecule has 0 saturated heterocycles. The molecule has 0 heterocycles. The Morgan fingerprint density at radius 3 is 2.65 bits per heavy atom. The molecule has 1 N–H and O–H groups in total. The normalized spacial score (nSPS) is 25.8. The quantitative estimate of drug-likeness (QED) is 0.899. The Kier molecular flexibility index (Phi) is 4.35. The first-order valence-corrected chi connectivity index (χ1v) is 7.33. The lowest BCUT2D eigenvalue weighted by atomic mass is 9.78. The van der Waals surface area contributed by atoms with E-state index in [-0.39, 0.29) is 5.91 Å². The van der Waals surface area contributed by atoms with Crippen LogP contribution < -0.4 is 5.32 Å². The summed E-state index contributed by atoms with van der Waals surface area (Å²) in [5.41, 5.74) is 0.708. The maximum atomic E-state index is 12.3. The van der Waals surface area contributed by atoms with Crippen LogP contribution in [-0.4, -0.2) is 11.4 Å². The molecule has 4 heteroatoms. The molecular formula is C16H19ClN2O. The van der Waals surface area contributed by atoms with E-state index in [1.165, 1.54) is 0 Å². The van der Waals surface area contributed by atoms with Gasteiger partial charge in [-0.05, 0) is 62.3 Å². The van der Waals surface area contributed by atoms with Crippen molar-refractivity contribution in [2.24, 2.45) is 5.92 Å². The van der Waals surface area contributed by atoms with Crippen molar-refractivity contribution in [2.45, 2.75) is 45.1 Å². The van der Waals surface area contributed by atoms with Gasteiger partial charge in [0.2, 0.25) is 0 Å².